The van der Waals surface area contributed by atoms with Gasteiger partial charge < -0.3 is 4.74 Å². The Hall–Kier alpha value is -2.25. The van der Waals surface area contributed by atoms with Gasteiger partial charge in [0.2, 0.25) is 0 Å². The molecular formula is C18H14BrClN2O4. The van der Waals surface area contributed by atoms with Gasteiger partial charge in [-0.15, -0.1) is 0 Å². The van der Waals surface area contributed by atoms with Crippen LogP contribution in [0.1, 0.15) is 50.6 Å². The molecule has 0 radical (unpaired) electrons. The van der Waals surface area contributed by atoms with Crippen molar-refractivity contribution >= 4 is 51.1 Å². The van der Waals surface area contributed by atoms with E-state index in [0.717, 1.165) is 4.90 Å². The number of carbonyl (C=O) groups excluding carboxylic acids is 3. The smallest absolute Gasteiger partial charge is 0.357 e. The average molecular weight is 438 g/mol. The molecule has 1 aliphatic heterocycles. The summed E-state index contributed by atoms with van der Waals surface area (Å²) in [7, 11) is 0. The van der Waals surface area contributed by atoms with Crippen molar-refractivity contribution in [3.63, 3.8) is 0 Å². The first kappa shape index (κ1) is 18.5. The molecule has 0 fully saturated rings. The van der Waals surface area contributed by atoms with E-state index in [0.29, 0.717) is 16.5 Å². The lowest BCUT2D eigenvalue weighted by Crippen LogP contribution is -2.31. The van der Waals surface area contributed by atoms with Gasteiger partial charge in [0.25, 0.3) is 11.8 Å². The third-order valence-electron chi connectivity index (χ3n) is 3.99. The quantitative estimate of drug-likeness (QED) is 0.533. The predicted octanol–water partition coefficient (Wildman–Crippen LogP) is 4.04. The lowest BCUT2D eigenvalue weighted by Gasteiger charge is -2.18. The molecule has 0 unspecified atom stereocenters. The van der Waals surface area contributed by atoms with Crippen molar-refractivity contribution in [3.8, 4) is 0 Å². The van der Waals surface area contributed by atoms with Gasteiger partial charge in [-0.25, -0.2) is 14.7 Å². The fourth-order valence-corrected chi connectivity index (χ4v) is 3.66. The molecule has 2 amide bonds. The van der Waals surface area contributed by atoms with Gasteiger partial charge in [0.15, 0.2) is 11.5 Å². The Morgan fingerprint density at radius 1 is 1.19 bits per heavy atom. The van der Waals surface area contributed by atoms with Gasteiger partial charge in [0.05, 0.1) is 22.8 Å². The van der Waals surface area contributed by atoms with Gasteiger partial charge in [-0.05, 0) is 41.4 Å². The highest BCUT2D eigenvalue weighted by Crippen LogP contribution is 2.39. The lowest BCUT2D eigenvalue weighted by molar-refractivity contribution is 0.0517. The molecule has 0 spiro atoms. The molecule has 134 valence electrons. The van der Waals surface area contributed by atoms with Gasteiger partial charge in [-0.1, -0.05) is 30.7 Å². The molecule has 1 aliphatic rings. The molecule has 0 bridgehead atoms. The number of esters is 1. The van der Waals surface area contributed by atoms with Crippen LogP contribution in [0.15, 0.2) is 28.7 Å². The molecule has 0 saturated carbocycles. The first-order chi connectivity index (χ1) is 12.4. The maximum Gasteiger partial charge on any atom is 0.357 e. The molecule has 6 nitrogen and oxygen atoms in total. The van der Waals surface area contributed by atoms with Crippen molar-refractivity contribution in [3.05, 3.63) is 56.1 Å². The molecule has 0 N–H and O–H groups in total. The van der Waals surface area contributed by atoms with E-state index in [-0.39, 0.29) is 34.3 Å². The second kappa shape index (κ2) is 7.17. The number of halogens is 2. The molecule has 3 rings (SSSR count). The highest BCUT2D eigenvalue weighted by molar-refractivity contribution is 9.10. The summed E-state index contributed by atoms with van der Waals surface area (Å²) in [5.41, 5.74) is 1.11. The summed E-state index contributed by atoms with van der Waals surface area (Å²) in [6.07, 6.45) is 0.462. The topological polar surface area (TPSA) is 76.6 Å². The number of anilines is 1. The van der Waals surface area contributed by atoms with Crippen LogP contribution in [0.5, 0.6) is 0 Å². The van der Waals surface area contributed by atoms with Crippen LogP contribution < -0.4 is 4.90 Å². The summed E-state index contributed by atoms with van der Waals surface area (Å²) in [5, 5.41) is 0.0874. The summed E-state index contributed by atoms with van der Waals surface area (Å²) < 4.78 is 5.45. The zero-order chi connectivity index (χ0) is 19.0. The third kappa shape index (κ3) is 2.81. The van der Waals surface area contributed by atoms with E-state index in [1.165, 1.54) is 0 Å². The summed E-state index contributed by atoms with van der Waals surface area (Å²) in [5.74, 6) is -1.80. The van der Waals surface area contributed by atoms with Crippen LogP contribution in [0.2, 0.25) is 5.02 Å². The number of aromatic nitrogens is 1. The number of imide groups is 1. The molecule has 0 atom stereocenters. The lowest BCUT2D eigenvalue weighted by atomic mass is 10.1. The summed E-state index contributed by atoms with van der Waals surface area (Å²) in [4.78, 5) is 42.8. The minimum absolute atomic E-state index is 0.0252. The number of rotatable bonds is 4. The number of fused-ring (bicyclic) bond motifs is 1. The number of nitrogens with zero attached hydrogens (tertiary/aromatic N) is 2. The number of hydrogen-bond donors (Lipinski definition) is 0. The Balaban J connectivity index is 2.19. The van der Waals surface area contributed by atoms with Crippen LogP contribution in [-0.4, -0.2) is 29.4 Å². The van der Waals surface area contributed by atoms with Crippen molar-refractivity contribution in [2.45, 2.75) is 20.3 Å². The van der Waals surface area contributed by atoms with Gasteiger partial charge in [0, 0.05) is 10.0 Å². The SMILES string of the molecule is CCOC(=O)c1nc(N2C(=O)c3ccccc3C2=O)c(Cl)c(Br)c1CC. The fraction of sp³-hybridized carbons (Fsp3) is 0.222. The average Bonchev–Trinajstić information content (AvgIpc) is 2.89. The van der Waals surface area contributed by atoms with Crippen molar-refractivity contribution in [2.24, 2.45) is 0 Å². The van der Waals surface area contributed by atoms with Gasteiger partial charge in [0.1, 0.15) is 0 Å². The Kier molecular flexibility index (Phi) is 5.11. The number of benzene rings is 1. The number of hydrogen-bond acceptors (Lipinski definition) is 5. The molecule has 2 aromatic rings. The molecule has 1 aromatic carbocycles. The zero-order valence-electron chi connectivity index (χ0n) is 14.0. The predicted molar refractivity (Wildman–Crippen MR) is 99.9 cm³/mol. The molecule has 8 heteroatoms. The van der Waals surface area contributed by atoms with Crippen molar-refractivity contribution in [2.75, 3.05) is 11.5 Å². The Labute approximate surface area is 163 Å². The van der Waals surface area contributed by atoms with Crippen molar-refractivity contribution < 1.29 is 19.1 Å². The second-order valence-corrected chi connectivity index (χ2v) is 6.63. The molecule has 2 heterocycles. The number of pyridine rings is 1. The van der Waals surface area contributed by atoms with Gasteiger partial charge in [-0.2, -0.15) is 0 Å². The highest BCUT2D eigenvalue weighted by Gasteiger charge is 2.39. The molecule has 1 aromatic heterocycles. The maximum atomic E-state index is 12.7. The summed E-state index contributed by atoms with van der Waals surface area (Å²) in [6.45, 7) is 3.69. The second-order valence-electron chi connectivity index (χ2n) is 5.46. The third-order valence-corrected chi connectivity index (χ3v) is 5.45. The minimum atomic E-state index is -0.639. The Morgan fingerprint density at radius 3 is 2.27 bits per heavy atom. The zero-order valence-corrected chi connectivity index (χ0v) is 16.3. The number of carbonyl (C=O) groups is 3. The van der Waals surface area contributed by atoms with E-state index >= 15 is 0 Å². The van der Waals surface area contributed by atoms with E-state index in [1.807, 2.05) is 6.92 Å². The van der Waals surface area contributed by atoms with Crippen LogP contribution in [0, 0.1) is 0 Å². The summed E-state index contributed by atoms with van der Waals surface area (Å²) in [6, 6.07) is 6.46. The normalized spacial score (nSPS) is 13.2. The molecule has 26 heavy (non-hydrogen) atoms. The largest absolute Gasteiger partial charge is 0.461 e. The maximum absolute atomic E-state index is 12.7. The van der Waals surface area contributed by atoms with Crippen molar-refractivity contribution in [1.82, 2.24) is 4.98 Å². The van der Waals surface area contributed by atoms with Crippen LogP contribution in [0.25, 0.3) is 0 Å². The highest BCUT2D eigenvalue weighted by atomic mass is 79.9. The van der Waals surface area contributed by atoms with E-state index in [2.05, 4.69) is 20.9 Å². The van der Waals surface area contributed by atoms with Crippen LogP contribution in [0.3, 0.4) is 0 Å². The number of ether oxygens (including phenoxy) is 1. The molecule has 0 saturated heterocycles. The fourth-order valence-electron chi connectivity index (χ4n) is 2.78. The van der Waals surface area contributed by atoms with Crippen LogP contribution in [0.4, 0.5) is 5.82 Å². The van der Waals surface area contributed by atoms with E-state index in [9.17, 15) is 14.4 Å². The Morgan fingerprint density at radius 2 is 1.77 bits per heavy atom. The van der Waals surface area contributed by atoms with Gasteiger partial charge in [-0.3, -0.25) is 9.59 Å². The van der Waals surface area contributed by atoms with E-state index in [1.54, 1.807) is 31.2 Å². The van der Waals surface area contributed by atoms with Crippen molar-refractivity contribution in [1.29, 1.82) is 0 Å². The standard InChI is InChI=1S/C18H14BrClN2O4/c1-3-9-12(19)13(20)15(21-14(9)18(25)26-4-2)22-16(23)10-7-5-6-8-11(10)17(22)24/h5-8H,3-4H2,1-2H3. The minimum Gasteiger partial charge on any atom is -0.461 e. The van der Waals surface area contributed by atoms with E-state index in [4.69, 9.17) is 16.3 Å². The molecule has 0 aliphatic carbocycles. The monoisotopic (exact) mass is 436 g/mol. The van der Waals surface area contributed by atoms with Crippen LogP contribution >= 0.6 is 27.5 Å². The van der Waals surface area contributed by atoms with Crippen LogP contribution in [-0.2, 0) is 11.2 Å². The summed E-state index contributed by atoms with van der Waals surface area (Å²) >= 11 is 9.73. The van der Waals surface area contributed by atoms with E-state index < -0.39 is 17.8 Å². The first-order valence-corrected chi connectivity index (χ1v) is 9.12. The first-order valence-electron chi connectivity index (χ1n) is 7.95. The molecular weight excluding hydrogens is 424 g/mol. The Bertz CT molecular complexity index is 910. The van der Waals surface area contributed by atoms with Gasteiger partial charge >= 0.3 is 5.97 Å². The number of amides is 2.